The molecular weight excluding hydrogens is 396 g/mol. The van der Waals surface area contributed by atoms with Gasteiger partial charge in [-0.15, -0.1) is 0 Å². The molecule has 1 aliphatic heterocycles. The minimum atomic E-state index is -0.728. The number of Topliss-reactive ketones (excluding diaryl/α,β-unsaturated/α-hetero) is 1. The minimum Gasteiger partial charge on any atom is -0.507 e. The van der Waals surface area contributed by atoms with Crippen molar-refractivity contribution in [2.45, 2.75) is 13.0 Å². The number of carbonyl (C=O) groups is 2. The monoisotopic (exact) mass is 420 g/mol. The second kappa shape index (κ2) is 8.28. The molecule has 31 heavy (non-hydrogen) atoms. The van der Waals surface area contributed by atoms with Gasteiger partial charge in [0, 0.05) is 41.9 Å². The summed E-state index contributed by atoms with van der Waals surface area (Å²) in [5.41, 5.74) is 2.96. The number of aliphatic hydroxyl groups excluding tert-OH is 1. The number of hydrogen-bond acceptors (Lipinski definition) is 5. The smallest absolute Gasteiger partial charge is 0.295 e. The fraction of sp³-hybridized carbons (Fsp3) is 0.250. The molecule has 2 N–H and O–H groups in total. The highest BCUT2D eigenvalue weighted by atomic mass is 16.5. The van der Waals surface area contributed by atoms with E-state index in [9.17, 15) is 14.7 Å². The van der Waals surface area contributed by atoms with Gasteiger partial charge in [-0.2, -0.15) is 0 Å². The Hall–Kier alpha value is -3.58. The van der Waals surface area contributed by atoms with Gasteiger partial charge in [0.05, 0.1) is 25.3 Å². The number of aromatic nitrogens is 1. The van der Waals surface area contributed by atoms with E-state index in [1.54, 1.807) is 31.5 Å². The fourth-order valence-electron chi connectivity index (χ4n) is 4.13. The van der Waals surface area contributed by atoms with Crippen LogP contribution in [0, 0.1) is 6.92 Å². The maximum atomic E-state index is 13.1. The quantitative estimate of drug-likeness (QED) is 0.361. The largest absolute Gasteiger partial charge is 0.507 e. The first-order valence-electron chi connectivity index (χ1n) is 9.96. The number of fused-ring (bicyclic) bond motifs is 1. The Morgan fingerprint density at radius 1 is 1.16 bits per heavy atom. The summed E-state index contributed by atoms with van der Waals surface area (Å²) in [6, 6.07) is 12.1. The number of aromatic amines is 1. The molecule has 1 fully saturated rings. The maximum Gasteiger partial charge on any atom is 0.295 e. The SMILES string of the molecule is COCCN1C(=O)C(=O)/C(=C(/O)c2ccc(OC)c(C)c2)C1c1c[nH]c2ccccc12. The van der Waals surface area contributed by atoms with Crippen LogP contribution in [0.4, 0.5) is 0 Å². The van der Waals surface area contributed by atoms with E-state index in [1.165, 1.54) is 12.0 Å². The van der Waals surface area contributed by atoms with Crippen molar-refractivity contribution in [2.75, 3.05) is 27.4 Å². The average molecular weight is 420 g/mol. The molecule has 1 aromatic heterocycles. The summed E-state index contributed by atoms with van der Waals surface area (Å²) in [4.78, 5) is 30.6. The second-order valence-corrected chi connectivity index (χ2v) is 7.46. The Bertz CT molecular complexity index is 1190. The van der Waals surface area contributed by atoms with E-state index in [2.05, 4.69) is 4.98 Å². The van der Waals surface area contributed by atoms with E-state index in [4.69, 9.17) is 9.47 Å². The predicted octanol–water partition coefficient (Wildman–Crippen LogP) is 3.55. The molecule has 1 amide bonds. The number of hydrogen-bond donors (Lipinski definition) is 2. The number of amides is 1. The second-order valence-electron chi connectivity index (χ2n) is 7.46. The van der Waals surface area contributed by atoms with Gasteiger partial charge in [-0.05, 0) is 36.8 Å². The summed E-state index contributed by atoms with van der Waals surface area (Å²) in [5.74, 6) is -0.902. The number of H-pyrrole nitrogens is 1. The van der Waals surface area contributed by atoms with Gasteiger partial charge >= 0.3 is 0 Å². The van der Waals surface area contributed by atoms with E-state index in [1.807, 2.05) is 31.2 Å². The molecule has 2 aromatic carbocycles. The van der Waals surface area contributed by atoms with Crippen LogP contribution in [0.1, 0.15) is 22.7 Å². The van der Waals surface area contributed by atoms with Crippen molar-refractivity contribution in [3.8, 4) is 5.75 Å². The van der Waals surface area contributed by atoms with Crippen molar-refractivity contribution in [2.24, 2.45) is 0 Å². The van der Waals surface area contributed by atoms with E-state index in [-0.39, 0.29) is 24.5 Å². The van der Waals surface area contributed by atoms with Crippen LogP contribution >= 0.6 is 0 Å². The van der Waals surface area contributed by atoms with Gasteiger partial charge < -0.3 is 24.5 Å². The molecule has 0 bridgehead atoms. The maximum absolute atomic E-state index is 13.1. The Kier molecular flexibility index (Phi) is 5.52. The average Bonchev–Trinajstić information content (AvgIpc) is 3.30. The van der Waals surface area contributed by atoms with Crippen LogP contribution in [0.15, 0.2) is 54.2 Å². The number of methoxy groups -OCH3 is 2. The minimum absolute atomic E-state index is 0.0652. The summed E-state index contributed by atoms with van der Waals surface area (Å²) >= 11 is 0. The van der Waals surface area contributed by atoms with Gasteiger partial charge in [0.1, 0.15) is 11.5 Å². The number of carbonyl (C=O) groups excluding carboxylic acids is 2. The Balaban J connectivity index is 1.91. The van der Waals surface area contributed by atoms with Crippen molar-refractivity contribution in [1.82, 2.24) is 9.88 Å². The van der Waals surface area contributed by atoms with Crippen molar-refractivity contribution >= 4 is 28.4 Å². The highest BCUT2D eigenvalue weighted by Gasteiger charge is 2.46. The molecule has 160 valence electrons. The van der Waals surface area contributed by atoms with E-state index in [0.717, 1.165) is 22.0 Å². The number of aryl methyl sites for hydroxylation is 1. The number of benzene rings is 2. The van der Waals surface area contributed by atoms with Crippen LogP contribution in [0.2, 0.25) is 0 Å². The highest BCUT2D eigenvalue weighted by molar-refractivity contribution is 6.46. The first-order valence-corrected chi connectivity index (χ1v) is 9.96. The van der Waals surface area contributed by atoms with Crippen LogP contribution in [-0.2, 0) is 14.3 Å². The van der Waals surface area contributed by atoms with Crippen molar-refractivity contribution in [3.05, 3.63) is 70.9 Å². The zero-order valence-corrected chi connectivity index (χ0v) is 17.6. The predicted molar refractivity (Wildman–Crippen MR) is 117 cm³/mol. The molecular formula is C24H24N2O5. The first kappa shape index (κ1) is 20.7. The van der Waals surface area contributed by atoms with E-state index >= 15 is 0 Å². The topological polar surface area (TPSA) is 91.9 Å². The third-order valence-electron chi connectivity index (χ3n) is 5.66. The first-order chi connectivity index (χ1) is 15.0. The van der Waals surface area contributed by atoms with E-state index < -0.39 is 17.7 Å². The highest BCUT2D eigenvalue weighted by Crippen LogP contribution is 2.42. The third-order valence-corrected chi connectivity index (χ3v) is 5.66. The lowest BCUT2D eigenvalue weighted by atomic mass is 9.94. The number of ether oxygens (including phenoxy) is 2. The van der Waals surface area contributed by atoms with Crippen molar-refractivity contribution in [1.29, 1.82) is 0 Å². The molecule has 0 aliphatic carbocycles. The Morgan fingerprint density at radius 2 is 1.94 bits per heavy atom. The molecule has 0 radical (unpaired) electrons. The molecule has 2 heterocycles. The normalized spacial score (nSPS) is 18.2. The zero-order chi connectivity index (χ0) is 22.1. The van der Waals surface area contributed by atoms with Gasteiger partial charge in [-0.1, -0.05) is 18.2 Å². The van der Waals surface area contributed by atoms with Crippen molar-refractivity contribution < 1.29 is 24.2 Å². The molecule has 7 heteroatoms. The van der Waals surface area contributed by atoms with Crippen LogP contribution in [0.5, 0.6) is 5.75 Å². The molecule has 1 aliphatic rings. The van der Waals surface area contributed by atoms with Crippen LogP contribution in [0.3, 0.4) is 0 Å². The molecule has 0 saturated carbocycles. The summed E-state index contributed by atoms with van der Waals surface area (Å²) in [7, 11) is 3.11. The number of rotatable bonds is 6. The lowest BCUT2D eigenvalue weighted by Crippen LogP contribution is -2.32. The molecule has 1 atom stereocenters. The summed E-state index contributed by atoms with van der Waals surface area (Å²) < 4.78 is 10.4. The fourth-order valence-corrected chi connectivity index (χ4v) is 4.13. The third kappa shape index (κ3) is 3.47. The van der Waals surface area contributed by atoms with Gasteiger partial charge in [0.15, 0.2) is 0 Å². The number of nitrogens with one attached hydrogen (secondary N) is 1. The number of aliphatic hydroxyl groups is 1. The van der Waals surface area contributed by atoms with Gasteiger partial charge in [-0.3, -0.25) is 9.59 Å². The molecule has 1 unspecified atom stereocenters. The molecule has 0 spiro atoms. The lowest BCUT2D eigenvalue weighted by molar-refractivity contribution is -0.140. The van der Waals surface area contributed by atoms with Gasteiger partial charge in [-0.25, -0.2) is 0 Å². The standard InChI is InChI=1S/C24H24N2O5/c1-14-12-15(8-9-19(14)31-3)22(27)20-21(26(10-11-30-2)24(29)23(20)28)17-13-25-18-7-5-4-6-16(17)18/h4-9,12-13,21,25,27H,10-11H2,1-3H3/b22-20+. The van der Waals surface area contributed by atoms with Gasteiger partial charge in [0.25, 0.3) is 11.7 Å². The molecule has 4 rings (SSSR count). The van der Waals surface area contributed by atoms with Crippen LogP contribution < -0.4 is 4.74 Å². The molecule has 7 nitrogen and oxygen atoms in total. The van der Waals surface area contributed by atoms with E-state index in [0.29, 0.717) is 11.3 Å². The number of ketones is 1. The summed E-state index contributed by atoms with van der Waals surface area (Å²) in [6.07, 6.45) is 1.79. The Morgan fingerprint density at radius 3 is 2.65 bits per heavy atom. The van der Waals surface area contributed by atoms with Crippen LogP contribution in [0.25, 0.3) is 16.7 Å². The number of para-hydroxylation sites is 1. The Labute approximate surface area is 179 Å². The summed E-state index contributed by atoms with van der Waals surface area (Å²) in [5, 5.41) is 12.1. The van der Waals surface area contributed by atoms with Crippen molar-refractivity contribution in [3.63, 3.8) is 0 Å². The van der Waals surface area contributed by atoms with Gasteiger partial charge in [0.2, 0.25) is 0 Å². The zero-order valence-electron chi connectivity index (χ0n) is 17.6. The number of likely N-dealkylation sites (tertiary alicyclic amines) is 1. The lowest BCUT2D eigenvalue weighted by Gasteiger charge is -2.24. The molecule has 1 saturated heterocycles. The van der Waals surface area contributed by atoms with Crippen LogP contribution in [-0.4, -0.2) is 54.1 Å². The summed E-state index contributed by atoms with van der Waals surface area (Å²) in [6.45, 7) is 2.35. The molecule has 3 aromatic rings. The number of nitrogens with zero attached hydrogens (tertiary/aromatic N) is 1.